The highest BCUT2D eigenvalue weighted by atomic mass is 32.1. The van der Waals surface area contributed by atoms with E-state index in [0.29, 0.717) is 17.7 Å². The van der Waals surface area contributed by atoms with Crippen LogP contribution in [0.25, 0.3) is 0 Å². The number of hydrogen-bond acceptors (Lipinski definition) is 6. The van der Waals surface area contributed by atoms with Crippen LogP contribution in [0.4, 0.5) is 4.79 Å². The molecular formula is C24H39N3O5S. The average molecular weight is 482 g/mol. The van der Waals surface area contributed by atoms with Crippen LogP contribution >= 0.6 is 12.6 Å². The number of para-hydroxylation sites is 1. The molecule has 0 bridgehead atoms. The van der Waals surface area contributed by atoms with Crippen molar-refractivity contribution < 1.29 is 24.2 Å². The number of carbonyl (C=O) groups excluding carboxylic acids is 3. The number of carbonyl (C=O) groups is 3. The molecule has 1 aromatic rings. The molecule has 2 atom stereocenters. The Morgan fingerprint density at radius 1 is 1.21 bits per heavy atom. The van der Waals surface area contributed by atoms with Crippen molar-refractivity contribution in [2.24, 2.45) is 0 Å². The van der Waals surface area contributed by atoms with E-state index in [9.17, 15) is 19.5 Å². The number of ether oxygens (including phenoxy) is 1. The maximum Gasteiger partial charge on any atom is 0.408 e. The standard InChI is InChI=1S/C24H39N3O5S/c1-8-9-13-25-21(29)19(17-12-10-11-16(4)20(17)28)27(15(2)3)22(30)18(14-33)26-23(31)32-24(5,6)7/h10-12,15,18-19,28,33H,8-9,13-14H2,1-7H3,(H,25,29)(H,26,31). The number of aromatic hydroxyl groups is 1. The normalized spacial score (nSPS) is 13.2. The van der Waals surface area contributed by atoms with Crippen molar-refractivity contribution >= 4 is 30.5 Å². The summed E-state index contributed by atoms with van der Waals surface area (Å²) >= 11 is 4.25. The number of nitrogens with zero attached hydrogens (tertiary/aromatic N) is 1. The molecule has 0 aliphatic rings. The van der Waals surface area contributed by atoms with E-state index in [1.54, 1.807) is 59.7 Å². The zero-order valence-electron chi connectivity index (χ0n) is 20.8. The Kier molecular flexibility index (Phi) is 11.0. The smallest absolute Gasteiger partial charge is 0.408 e. The molecule has 9 heteroatoms. The number of benzene rings is 1. The highest BCUT2D eigenvalue weighted by Crippen LogP contribution is 2.33. The first kappa shape index (κ1) is 28.6. The molecule has 3 amide bonds. The Morgan fingerprint density at radius 2 is 1.85 bits per heavy atom. The fourth-order valence-corrected chi connectivity index (χ4v) is 3.55. The molecule has 0 aliphatic carbocycles. The first-order valence-corrected chi connectivity index (χ1v) is 12.0. The van der Waals surface area contributed by atoms with E-state index in [0.717, 1.165) is 12.8 Å². The number of phenols is 1. The largest absolute Gasteiger partial charge is 0.507 e. The highest BCUT2D eigenvalue weighted by molar-refractivity contribution is 7.80. The van der Waals surface area contributed by atoms with Crippen LogP contribution in [0.5, 0.6) is 5.75 Å². The number of hydrogen-bond donors (Lipinski definition) is 4. The van der Waals surface area contributed by atoms with Crippen LogP contribution in [-0.4, -0.2) is 57.9 Å². The lowest BCUT2D eigenvalue weighted by molar-refractivity contribution is -0.144. The molecule has 0 aromatic heterocycles. The Morgan fingerprint density at radius 3 is 2.36 bits per heavy atom. The quantitative estimate of drug-likeness (QED) is 0.301. The number of phenolic OH excluding ortho intramolecular Hbond substituents is 1. The molecule has 1 aromatic carbocycles. The molecule has 8 nitrogen and oxygen atoms in total. The zero-order chi connectivity index (χ0) is 25.3. The zero-order valence-corrected chi connectivity index (χ0v) is 21.7. The Bertz CT molecular complexity index is 823. The van der Waals surface area contributed by atoms with Crippen molar-refractivity contribution in [2.45, 2.75) is 85.0 Å². The van der Waals surface area contributed by atoms with E-state index in [1.807, 2.05) is 6.92 Å². The van der Waals surface area contributed by atoms with E-state index < -0.39 is 41.6 Å². The molecule has 33 heavy (non-hydrogen) atoms. The van der Waals surface area contributed by atoms with Crippen molar-refractivity contribution in [3.8, 4) is 5.75 Å². The summed E-state index contributed by atoms with van der Waals surface area (Å²) in [6, 6.07) is 2.57. The van der Waals surface area contributed by atoms with Gasteiger partial charge in [-0.05, 0) is 53.5 Å². The summed E-state index contributed by atoms with van der Waals surface area (Å²) < 4.78 is 5.28. The van der Waals surface area contributed by atoms with Crippen LogP contribution in [0.3, 0.4) is 0 Å². The highest BCUT2D eigenvalue weighted by Gasteiger charge is 2.38. The van der Waals surface area contributed by atoms with Gasteiger partial charge in [0.1, 0.15) is 23.4 Å². The molecule has 0 radical (unpaired) electrons. The van der Waals surface area contributed by atoms with Crippen LogP contribution in [0.15, 0.2) is 18.2 Å². The summed E-state index contributed by atoms with van der Waals surface area (Å²) in [6.07, 6.45) is 0.934. The van der Waals surface area contributed by atoms with E-state index >= 15 is 0 Å². The first-order valence-electron chi connectivity index (χ1n) is 11.3. The molecule has 2 unspecified atom stereocenters. The van der Waals surface area contributed by atoms with Gasteiger partial charge in [-0.2, -0.15) is 12.6 Å². The van der Waals surface area contributed by atoms with Gasteiger partial charge in [0.25, 0.3) is 0 Å². The molecule has 0 spiro atoms. The van der Waals surface area contributed by atoms with Gasteiger partial charge in [-0.3, -0.25) is 9.59 Å². The maximum atomic E-state index is 13.6. The van der Waals surface area contributed by atoms with Crippen molar-refractivity contribution in [2.75, 3.05) is 12.3 Å². The third-order valence-electron chi connectivity index (χ3n) is 4.90. The predicted octanol–water partition coefficient (Wildman–Crippen LogP) is 3.72. The van der Waals surface area contributed by atoms with Gasteiger partial charge in [-0.1, -0.05) is 31.5 Å². The maximum absolute atomic E-state index is 13.6. The first-order chi connectivity index (χ1) is 15.3. The summed E-state index contributed by atoms with van der Waals surface area (Å²) in [5, 5.41) is 16.2. The topological polar surface area (TPSA) is 108 Å². The monoisotopic (exact) mass is 481 g/mol. The lowest BCUT2D eigenvalue weighted by Crippen LogP contribution is -2.55. The summed E-state index contributed by atoms with van der Waals surface area (Å²) in [7, 11) is 0. The summed E-state index contributed by atoms with van der Waals surface area (Å²) in [5.41, 5.74) is 0.176. The molecule has 1 rings (SSSR count). The minimum absolute atomic E-state index is 0.00523. The number of aryl methyl sites for hydroxylation is 1. The van der Waals surface area contributed by atoms with Crippen molar-refractivity contribution in [3.05, 3.63) is 29.3 Å². The van der Waals surface area contributed by atoms with E-state index in [2.05, 4.69) is 23.3 Å². The molecule has 186 valence electrons. The Balaban J connectivity index is 3.39. The van der Waals surface area contributed by atoms with E-state index in [1.165, 1.54) is 4.90 Å². The number of unbranched alkanes of at least 4 members (excludes halogenated alkanes) is 1. The van der Waals surface area contributed by atoms with Gasteiger partial charge in [0.2, 0.25) is 11.8 Å². The second-order valence-electron chi connectivity index (χ2n) is 9.28. The third kappa shape index (κ3) is 8.46. The van der Waals surface area contributed by atoms with E-state index in [-0.39, 0.29) is 11.5 Å². The number of rotatable bonds is 10. The van der Waals surface area contributed by atoms with Crippen LogP contribution in [0.1, 0.15) is 71.6 Å². The van der Waals surface area contributed by atoms with Crippen LogP contribution < -0.4 is 10.6 Å². The SMILES string of the molecule is CCCCNC(=O)C(c1cccc(C)c1O)N(C(=O)C(CS)NC(=O)OC(C)(C)C)C(C)C. The lowest BCUT2D eigenvalue weighted by atomic mass is 9.98. The second-order valence-corrected chi connectivity index (χ2v) is 9.65. The van der Waals surface area contributed by atoms with Crippen molar-refractivity contribution in [1.29, 1.82) is 0 Å². The molecule has 0 aliphatic heterocycles. The minimum atomic E-state index is -1.09. The average Bonchev–Trinajstić information content (AvgIpc) is 2.70. The minimum Gasteiger partial charge on any atom is -0.507 e. The summed E-state index contributed by atoms with van der Waals surface area (Å²) in [5.74, 6) is -0.941. The van der Waals surface area contributed by atoms with Crippen LogP contribution in [0, 0.1) is 6.92 Å². The summed E-state index contributed by atoms with van der Waals surface area (Å²) in [4.78, 5) is 40.6. The summed E-state index contributed by atoms with van der Waals surface area (Å²) in [6.45, 7) is 12.9. The lowest BCUT2D eigenvalue weighted by Gasteiger charge is -2.37. The Hall–Kier alpha value is -2.42. The fraction of sp³-hybridized carbons (Fsp3) is 0.625. The molecule has 0 saturated carbocycles. The predicted molar refractivity (Wildman–Crippen MR) is 132 cm³/mol. The van der Waals surface area contributed by atoms with Gasteiger partial charge in [-0.15, -0.1) is 0 Å². The van der Waals surface area contributed by atoms with E-state index in [4.69, 9.17) is 4.74 Å². The van der Waals surface area contributed by atoms with Crippen molar-refractivity contribution in [1.82, 2.24) is 15.5 Å². The molecule has 0 fully saturated rings. The number of amides is 3. The van der Waals surface area contributed by atoms with Crippen LogP contribution in [0.2, 0.25) is 0 Å². The molecular weight excluding hydrogens is 442 g/mol. The van der Waals surface area contributed by atoms with Gasteiger partial charge >= 0.3 is 6.09 Å². The number of thiol groups is 1. The molecule has 3 N–H and O–H groups in total. The van der Waals surface area contributed by atoms with Gasteiger partial charge in [-0.25, -0.2) is 4.79 Å². The van der Waals surface area contributed by atoms with Crippen molar-refractivity contribution in [3.63, 3.8) is 0 Å². The fourth-order valence-electron chi connectivity index (χ4n) is 3.30. The van der Waals surface area contributed by atoms with Gasteiger partial charge in [0.15, 0.2) is 0 Å². The van der Waals surface area contributed by atoms with Crippen LogP contribution in [-0.2, 0) is 14.3 Å². The number of alkyl carbamates (subject to hydrolysis) is 1. The van der Waals surface area contributed by atoms with Gasteiger partial charge in [0, 0.05) is 23.9 Å². The van der Waals surface area contributed by atoms with Gasteiger partial charge < -0.3 is 25.4 Å². The Labute approximate surface area is 202 Å². The molecule has 0 saturated heterocycles. The molecule has 0 heterocycles. The third-order valence-corrected chi connectivity index (χ3v) is 5.27. The second kappa shape index (κ2) is 12.7. The number of nitrogens with one attached hydrogen (secondary N) is 2. The van der Waals surface area contributed by atoms with Gasteiger partial charge in [0.05, 0.1) is 0 Å².